The number of hydrogen-bond donors (Lipinski definition) is 1. The standard InChI is InChI=1S/C21H19ClN2O3S/c1-13-7-9-15(10-8-13)20-24-18(12-28-20)21(26)27-11-19(25)23-14(2)16-5-3-4-6-17(16)22/h3-10,12,14H,11H2,1-2H3,(H,23,25)/t14-/m1/s1. The van der Waals surface area contributed by atoms with Crippen molar-refractivity contribution >= 4 is 34.8 Å². The van der Waals surface area contributed by atoms with Gasteiger partial charge in [0.05, 0.1) is 6.04 Å². The number of halogens is 1. The van der Waals surface area contributed by atoms with Crippen molar-refractivity contribution in [3.63, 3.8) is 0 Å². The lowest BCUT2D eigenvalue weighted by Gasteiger charge is -2.15. The second-order valence-corrected chi connectivity index (χ2v) is 7.56. The van der Waals surface area contributed by atoms with Gasteiger partial charge in [0.15, 0.2) is 12.3 Å². The van der Waals surface area contributed by atoms with Crippen LogP contribution in [0.4, 0.5) is 0 Å². The number of ether oxygens (including phenoxy) is 1. The van der Waals surface area contributed by atoms with Gasteiger partial charge in [-0.05, 0) is 25.5 Å². The number of nitrogens with one attached hydrogen (secondary N) is 1. The molecule has 0 aliphatic rings. The van der Waals surface area contributed by atoms with E-state index >= 15 is 0 Å². The van der Waals surface area contributed by atoms with Gasteiger partial charge in [0.1, 0.15) is 5.01 Å². The fourth-order valence-corrected chi connectivity index (χ4v) is 3.68. The summed E-state index contributed by atoms with van der Waals surface area (Å²) in [7, 11) is 0. The van der Waals surface area contributed by atoms with E-state index in [4.69, 9.17) is 16.3 Å². The normalized spacial score (nSPS) is 11.7. The molecule has 7 heteroatoms. The molecule has 0 fully saturated rings. The van der Waals surface area contributed by atoms with Gasteiger partial charge >= 0.3 is 5.97 Å². The van der Waals surface area contributed by atoms with Crippen LogP contribution in [0.3, 0.4) is 0 Å². The zero-order valence-electron chi connectivity index (χ0n) is 15.4. The number of carbonyl (C=O) groups is 2. The summed E-state index contributed by atoms with van der Waals surface area (Å²) in [5, 5.41) is 5.68. The predicted octanol–water partition coefficient (Wildman–Crippen LogP) is 4.81. The summed E-state index contributed by atoms with van der Waals surface area (Å²) in [4.78, 5) is 28.6. The lowest BCUT2D eigenvalue weighted by atomic mass is 10.1. The van der Waals surface area contributed by atoms with Crippen molar-refractivity contribution in [3.05, 3.63) is 75.8 Å². The first kappa shape index (κ1) is 20.0. The third-order valence-electron chi connectivity index (χ3n) is 4.10. The first-order valence-corrected chi connectivity index (χ1v) is 9.93. The molecule has 0 radical (unpaired) electrons. The number of carbonyl (C=O) groups excluding carboxylic acids is 2. The van der Waals surface area contributed by atoms with Crippen LogP contribution < -0.4 is 5.32 Å². The number of benzene rings is 2. The van der Waals surface area contributed by atoms with E-state index in [1.807, 2.05) is 56.3 Å². The second-order valence-electron chi connectivity index (χ2n) is 6.29. The number of rotatable bonds is 6. The molecule has 1 heterocycles. The van der Waals surface area contributed by atoms with Gasteiger partial charge in [-0.3, -0.25) is 4.79 Å². The Bertz CT molecular complexity index is 985. The minimum Gasteiger partial charge on any atom is -0.451 e. The van der Waals surface area contributed by atoms with Crippen LogP contribution in [0.1, 0.15) is 34.6 Å². The van der Waals surface area contributed by atoms with Crippen LogP contribution in [0.15, 0.2) is 53.9 Å². The maximum atomic E-state index is 12.2. The summed E-state index contributed by atoms with van der Waals surface area (Å²) >= 11 is 7.48. The molecule has 0 aliphatic carbocycles. The van der Waals surface area contributed by atoms with Gasteiger partial charge < -0.3 is 10.1 Å². The van der Waals surface area contributed by atoms with Gasteiger partial charge in [-0.25, -0.2) is 9.78 Å². The SMILES string of the molecule is Cc1ccc(-c2nc(C(=O)OCC(=O)N[C@H](C)c3ccccc3Cl)cs2)cc1. The quantitative estimate of drug-likeness (QED) is 0.588. The van der Waals surface area contributed by atoms with E-state index in [9.17, 15) is 9.59 Å². The Balaban J connectivity index is 1.55. The fraction of sp³-hybridized carbons (Fsp3) is 0.190. The van der Waals surface area contributed by atoms with Crippen LogP contribution in [0, 0.1) is 6.92 Å². The molecule has 0 saturated heterocycles. The molecule has 3 rings (SSSR count). The van der Waals surface area contributed by atoms with Gasteiger partial charge in [0.2, 0.25) is 0 Å². The Kier molecular flexibility index (Phi) is 6.44. The molecule has 1 N–H and O–H groups in total. The molecule has 0 spiro atoms. The van der Waals surface area contributed by atoms with Gasteiger partial charge in [-0.15, -0.1) is 11.3 Å². The number of amides is 1. The van der Waals surface area contributed by atoms with E-state index in [1.165, 1.54) is 11.3 Å². The molecule has 0 aliphatic heterocycles. The Morgan fingerprint density at radius 2 is 1.89 bits per heavy atom. The first-order chi connectivity index (χ1) is 13.4. The zero-order chi connectivity index (χ0) is 20.1. The Hall–Kier alpha value is -2.70. The van der Waals surface area contributed by atoms with Crippen molar-refractivity contribution in [2.45, 2.75) is 19.9 Å². The van der Waals surface area contributed by atoms with Crippen LogP contribution >= 0.6 is 22.9 Å². The van der Waals surface area contributed by atoms with Crippen LogP contribution in [0.5, 0.6) is 0 Å². The van der Waals surface area contributed by atoms with E-state index in [0.29, 0.717) is 5.02 Å². The highest BCUT2D eigenvalue weighted by Crippen LogP contribution is 2.24. The summed E-state index contributed by atoms with van der Waals surface area (Å²) in [6.45, 7) is 3.44. The third-order valence-corrected chi connectivity index (χ3v) is 5.33. The Morgan fingerprint density at radius 3 is 2.61 bits per heavy atom. The van der Waals surface area contributed by atoms with Crippen LogP contribution in [-0.4, -0.2) is 23.5 Å². The predicted molar refractivity (Wildman–Crippen MR) is 111 cm³/mol. The highest BCUT2D eigenvalue weighted by Gasteiger charge is 2.17. The van der Waals surface area contributed by atoms with Gasteiger partial charge in [0, 0.05) is 16.0 Å². The number of esters is 1. The summed E-state index contributed by atoms with van der Waals surface area (Å²) in [5.74, 6) is -1.04. The van der Waals surface area contributed by atoms with E-state index < -0.39 is 11.9 Å². The molecule has 0 bridgehead atoms. The zero-order valence-corrected chi connectivity index (χ0v) is 17.0. The van der Waals surface area contributed by atoms with E-state index in [1.54, 1.807) is 11.4 Å². The number of nitrogens with zero attached hydrogens (tertiary/aromatic N) is 1. The molecule has 5 nitrogen and oxygen atoms in total. The first-order valence-electron chi connectivity index (χ1n) is 8.67. The maximum absolute atomic E-state index is 12.2. The monoisotopic (exact) mass is 414 g/mol. The second kappa shape index (κ2) is 8.99. The van der Waals surface area contributed by atoms with Crippen molar-refractivity contribution in [1.82, 2.24) is 10.3 Å². The van der Waals surface area contributed by atoms with E-state index in [2.05, 4.69) is 10.3 Å². The fourth-order valence-electron chi connectivity index (χ4n) is 2.59. The molecule has 1 atom stereocenters. The van der Waals surface area contributed by atoms with Crippen LogP contribution in [0.2, 0.25) is 5.02 Å². The largest absolute Gasteiger partial charge is 0.451 e. The van der Waals surface area contributed by atoms with Crippen LogP contribution in [0.25, 0.3) is 10.6 Å². The van der Waals surface area contributed by atoms with Crippen molar-refractivity contribution in [2.75, 3.05) is 6.61 Å². The van der Waals surface area contributed by atoms with Gasteiger partial charge in [-0.1, -0.05) is 59.6 Å². The van der Waals surface area contributed by atoms with Gasteiger partial charge in [-0.2, -0.15) is 0 Å². The molecule has 3 aromatic rings. The Morgan fingerprint density at radius 1 is 1.18 bits per heavy atom. The molecule has 2 aromatic carbocycles. The van der Waals surface area contributed by atoms with Crippen molar-refractivity contribution in [1.29, 1.82) is 0 Å². The average molecular weight is 415 g/mol. The number of aryl methyl sites for hydroxylation is 1. The summed E-state index contributed by atoms with van der Waals surface area (Å²) < 4.78 is 5.09. The molecule has 1 aromatic heterocycles. The number of hydrogen-bond acceptors (Lipinski definition) is 5. The lowest BCUT2D eigenvalue weighted by Crippen LogP contribution is -2.31. The smallest absolute Gasteiger partial charge is 0.358 e. The molecule has 0 unspecified atom stereocenters. The van der Waals surface area contributed by atoms with Crippen molar-refractivity contribution in [3.8, 4) is 10.6 Å². The van der Waals surface area contributed by atoms with Crippen LogP contribution in [-0.2, 0) is 9.53 Å². The topological polar surface area (TPSA) is 68.3 Å². The maximum Gasteiger partial charge on any atom is 0.358 e. The van der Waals surface area contributed by atoms with Crippen molar-refractivity contribution < 1.29 is 14.3 Å². The van der Waals surface area contributed by atoms with Gasteiger partial charge in [0.25, 0.3) is 5.91 Å². The summed E-state index contributed by atoms with van der Waals surface area (Å²) in [5.41, 5.74) is 3.07. The van der Waals surface area contributed by atoms with E-state index in [-0.39, 0.29) is 18.3 Å². The highest BCUT2D eigenvalue weighted by molar-refractivity contribution is 7.13. The Labute approximate surface area is 172 Å². The van der Waals surface area contributed by atoms with Crippen molar-refractivity contribution in [2.24, 2.45) is 0 Å². The minimum absolute atomic E-state index is 0.188. The lowest BCUT2D eigenvalue weighted by molar-refractivity contribution is -0.124. The molecule has 144 valence electrons. The molecule has 1 amide bonds. The average Bonchev–Trinajstić information content (AvgIpc) is 3.17. The minimum atomic E-state index is -0.629. The highest BCUT2D eigenvalue weighted by atomic mass is 35.5. The molecule has 0 saturated carbocycles. The number of aromatic nitrogens is 1. The van der Waals surface area contributed by atoms with E-state index in [0.717, 1.165) is 21.7 Å². The molecular formula is C21H19ClN2O3S. The molecule has 28 heavy (non-hydrogen) atoms. The third kappa shape index (κ3) is 4.97. The summed E-state index contributed by atoms with van der Waals surface area (Å²) in [6, 6.07) is 14.8. The number of thiazole rings is 1. The summed E-state index contributed by atoms with van der Waals surface area (Å²) in [6.07, 6.45) is 0. The molecular weight excluding hydrogens is 396 g/mol.